The monoisotopic (exact) mass is 359 g/mol. The number of carbonyl (C=O) groups excluding carboxylic acids is 1. The van der Waals surface area contributed by atoms with Crippen LogP contribution >= 0.6 is 0 Å². The minimum Gasteiger partial charge on any atom is -0.360 e. The van der Waals surface area contributed by atoms with E-state index in [1.165, 1.54) is 5.56 Å². The molecule has 0 unspecified atom stereocenters. The third-order valence-electron chi connectivity index (χ3n) is 5.23. The number of anilines is 1. The van der Waals surface area contributed by atoms with Crippen LogP contribution in [0.1, 0.15) is 40.2 Å². The Kier molecular flexibility index (Phi) is 4.61. The highest BCUT2D eigenvalue weighted by molar-refractivity contribution is 6.04. The molecule has 0 bridgehead atoms. The summed E-state index contributed by atoms with van der Waals surface area (Å²) in [5.41, 5.74) is 4.18. The molecular formula is C21H21N5O. The van der Waals surface area contributed by atoms with E-state index in [9.17, 15) is 4.79 Å². The normalized spacial score (nSPS) is 15.6. The van der Waals surface area contributed by atoms with Gasteiger partial charge in [-0.3, -0.25) is 4.79 Å². The molecule has 0 spiro atoms. The second-order valence-electron chi connectivity index (χ2n) is 7.06. The number of nitriles is 1. The van der Waals surface area contributed by atoms with Gasteiger partial charge in [0.1, 0.15) is 5.82 Å². The van der Waals surface area contributed by atoms with E-state index in [1.807, 2.05) is 12.1 Å². The molecule has 6 nitrogen and oxygen atoms in total. The minimum atomic E-state index is -0.234. The van der Waals surface area contributed by atoms with E-state index in [4.69, 9.17) is 10.2 Å². The van der Waals surface area contributed by atoms with Crippen molar-refractivity contribution in [2.75, 3.05) is 25.5 Å². The van der Waals surface area contributed by atoms with E-state index < -0.39 is 0 Å². The minimum absolute atomic E-state index is 0.234. The average Bonchev–Trinajstić information content (AvgIpc) is 3.12. The summed E-state index contributed by atoms with van der Waals surface area (Å²) in [6.07, 6.45) is 4.29. The fourth-order valence-electron chi connectivity index (χ4n) is 3.60. The zero-order valence-corrected chi connectivity index (χ0v) is 15.2. The number of nitrogens with zero attached hydrogens (tertiary/aromatic N) is 3. The summed E-state index contributed by atoms with van der Waals surface area (Å²) in [7, 11) is 2.15. The number of H-pyrrole nitrogens is 1. The van der Waals surface area contributed by atoms with Gasteiger partial charge in [-0.05, 0) is 80.9 Å². The molecular weight excluding hydrogens is 338 g/mol. The highest BCUT2D eigenvalue weighted by Crippen LogP contribution is 2.32. The van der Waals surface area contributed by atoms with Crippen LogP contribution in [0.4, 0.5) is 5.82 Å². The maximum atomic E-state index is 12.5. The fraction of sp³-hybridized carbons (Fsp3) is 0.286. The molecule has 6 heteroatoms. The molecule has 1 aromatic carbocycles. The summed E-state index contributed by atoms with van der Waals surface area (Å²) in [6, 6.07) is 12.4. The first-order chi connectivity index (χ1) is 13.1. The van der Waals surface area contributed by atoms with Crippen LogP contribution in [0.15, 0.2) is 42.6 Å². The van der Waals surface area contributed by atoms with E-state index in [0.29, 0.717) is 22.9 Å². The first-order valence-corrected chi connectivity index (χ1v) is 9.12. The third kappa shape index (κ3) is 3.55. The lowest BCUT2D eigenvalue weighted by Gasteiger charge is -2.28. The summed E-state index contributed by atoms with van der Waals surface area (Å²) in [5, 5.41) is 11.7. The van der Waals surface area contributed by atoms with Crippen LogP contribution in [0, 0.1) is 11.3 Å². The summed E-state index contributed by atoms with van der Waals surface area (Å²) in [6.45, 7) is 2.18. The molecule has 1 saturated heterocycles. The number of benzene rings is 1. The molecule has 0 aliphatic carbocycles. The number of likely N-dealkylation sites (tertiary alicyclic amines) is 1. The number of amides is 1. The zero-order chi connectivity index (χ0) is 18.8. The lowest BCUT2D eigenvalue weighted by Crippen LogP contribution is -2.29. The smallest absolute Gasteiger partial charge is 0.256 e. The number of nitrogens with one attached hydrogen (secondary N) is 2. The summed E-state index contributed by atoms with van der Waals surface area (Å²) in [5.74, 6) is 0.792. The van der Waals surface area contributed by atoms with Crippen LogP contribution < -0.4 is 5.32 Å². The van der Waals surface area contributed by atoms with Crippen LogP contribution in [0.25, 0.3) is 11.0 Å². The molecule has 0 radical (unpaired) electrons. The summed E-state index contributed by atoms with van der Waals surface area (Å²) >= 11 is 0. The van der Waals surface area contributed by atoms with Gasteiger partial charge in [-0.15, -0.1) is 0 Å². The van der Waals surface area contributed by atoms with Gasteiger partial charge in [0, 0.05) is 11.8 Å². The van der Waals surface area contributed by atoms with Gasteiger partial charge in [-0.25, -0.2) is 4.98 Å². The molecule has 1 amide bonds. The van der Waals surface area contributed by atoms with Crippen molar-refractivity contribution in [3.8, 4) is 6.07 Å². The van der Waals surface area contributed by atoms with Gasteiger partial charge in [-0.2, -0.15) is 5.26 Å². The number of hydrogen-bond donors (Lipinski definition) is 2. The Balaban J connectivity index is 1.56. The van der Waals surface area contributed by atoms with Gasteiger partial charge in [0.05, 0.1) is 22.7 Å². The molecule has 0 atom stereocenters. The number of hydrogen-bond acceptors (Lipinski definition) is 4. The van der Waals surface area contributed by atoms with Gasteiger partial charge >= 0.3 is 0 Å². The first kappa shape index (κ1) is 17.3. The second kappa shape index (κ2) is 7.22. The maximum Gasteiger partial charge on any atom is 0.256 e. The third-order valence-corrected chi connectivity index (χ3v) is 5.23. The molecule has 3 heterocycles. The second-order valence-corrected chi connectivity index (χ2v) is 7.06. The molecule has 2 N–H and O–H groups in total. The number of aromatic amines is 1. The van der Waals surface area contributed by atoms with Crippen molar-refractivity contribution in [3.63, 3.8) is 0 Å². The van der Waals surface area contributed by atoms with Crippen LogP contribution in [0.5, 0.6) is 0 Å². The van der Waals surface area contributed by atoms with Crippen LogP contribution in [-0.4, -0.2) is 40.9 Å². The van der Waals surface area contributed by atoms with E-state index in [2.05, 4.69) is 28.4 Å². The van der Waals surface area contributed by atoms with E-state index >= 15 is 0 Å². The molecule has 1 fully saturated rings. The molecule has 3 aromatic rings. The zero-order valence-electron chi connectivity index (χ0n) is 15.2. The lowest BCUT2D eigenvalue weighted by molar-refractivity contribution is 0.102. The number of aromatic nitrogens is 2. The van der Waals surface area contributed by atoms with Crippen LogP contribution in [0.3, 0.4) is 0 Å². The predicted molar refractivity (Wildman–Crippen MR) is 105 cm³/mol. The van der Waals surface area contributed by atoms with Crippen molar-refractivity contribution in [1.29, 1.82) is 5.26 Å². The van der Waals surface area contributed by atoms with Gasteiger partial charge in [0.2, 0.25) is 0 Å². The van der Waals surface area contributed by atoms with Gasteiger partial charge in [0.15, 0.2) is 0 Å². The Morgan fingerprint density at radius 1 is 1.22 bits per heavy atom. The maximum absolute atomic E-state index is 12.5. The van der Waals surface area contributed by atoms with Crippen molar-refractivity contribution in [2.24, 2.45) is 0 Å². The van der Waals surface area contributed by atoms with Gasteiger partial charge in [-0.1, -0.05) is 0 Å². The predicted octanol–water partition coefficient (Wildman–Crippen LogP) is 3.50. The molecule has 1 aliphatic heterocycles. The number of rotatable bonds is 3. The topological polar surface area (TPSA) is 84.8 Å². The largest absolute Gasteiger partial charge is 0.360 e. The van der Waals surface area contributed by atoms with Crippen molar-refractivity contribution in [2.45, 2.75) is 18.8 Å². The number of carbonyl (C=O) groups is 1. The molecule has 136 valence electrons. The van der Waals surface area contributed by atoms with E-state index in [1.54, 1.807) is 30.3 Å². The first-order valence-electron chi connectivity index (χ1n) is 9.12. The lowest BCUT2D eigenvalue weighted by atomic mass is 9.91. The highest BCUT2D eigenvalue weighted by atomic mass is 16.1. The number of pyridine rings is 1. The average molecular weight is 359 g/mol. The Labute approximate surface area is 157 Å². The van der Waals surface area contributed by atoms with Crippen molar-refractivity contribution in [1.82, 2.24) is 14.9 Å². The van der Waals surface area contributed by atoms with E-state index in [0.717, 1.165) is 37.0 Å². The number of fused-ring (bicyclic) bond motifs is 1. The highest BCUT2D eigenvalue weighted by Gasteiger charge is 2.22. The molecule has 0 saturated carbocycles. The van der Waals surface area contributed by atoms with Crippen LogP contribution in [-0.2, 0) is 0 Å². The molecule has 27 heavy (non-hydrogen) atoms. The van der Waals surface area contributed by atoms with E-state index in [-0.39, 0.29) is 5.91 Å². The summed E-state index contributed by atoms with van der Waals surface area (Å²) in [4.78, 5) is 22.8. The van der Waals surface area contributed by atoms with Crippen molar-refractivity contribution in [3.05, 3.63) is 59.3 Å². The van der Waals surface area contributed by atoms with Crippen LogP contribution in [0.2, 0.25) is 0 Å². The quantitative estimate of drug-likeness (QED) is 0.749. The van der Waals surface area contributed by atoms with Crippen molar-refractivity contribution >= 4 is 22.8 Å². The van der Waals surface area contributed by atoms with Gasteiger partial charge in [0.25, 0.3) is 5.91 Å². The standard InChI is InChI=1S/C21H21N5O/c1-26-10-8-15(9-11-26)17-13-23-18-6-7-19(24-20(17)18)25-21(27)16-4-2-14(12-22)3-5-16/h2-7,13,15,23H,8-11H2,1H3,(H,24,25,27). The number of piperidine rings is 1. The fourth-order valence-corrected chi connectivity index (χ4v) is 3.60. The van der Waals surface area contributed by atoms with Gasteiger partial charge < -0.3 is 15.2 Å². The van der Waals surface area contributed by atoms with Crippen molar-refractivity contribution < 1.29 is 4.79 Å². The molecule has 2 aromatic heterocycles. The Morgan fingerprint density at radius 3 is 2.67 bits per heavy atom. The Morgan fingerprint density at radius 2 is 1.96 bits per heavy atom. The Hall–Kier alpha value is -3.17. The Bertz CT molecular complexity index is 1010. The molecule has 1 aliphatic rings. The molecule has 4 rings (SSSR count). The SMILES string of the molecule is CN1CCC(c2c[nH]c3ccc(NC(=O)c4ccc(C#N)cc4)nc23)CC1. The summed E-state index contributed by atoms with van der Waals surface area (Å²) < 4.78 is 0.